The van der Waals surface area contributed by atoms with E-state index in [0.717, 1.165) is 0 Å². The van der Waals surface area contributed by atoms with Crippen molar-refractivity contribution in [2.75, 3.05) is 12.0 Å². The van der Waals surface area contributed by atoms with Gasteiger partial charge in [0.1, 0.15) is 0 Å². The van der Waals surface area contributed by atoms with Gasteiger partial charge in [0.2, 0.25) is 5.82 Å². The predicted octanol–water partition coefficient (Wildman–Crippen LogP) is 3.27. The summed E-state index contributed by atoms with van der Waals surface area (Å²) in [6, 6.07) is 6.17. The average molecular weight is 342 g/mol. The molecule has 8 nitrogen and oxygen atoms in total. The van der Waals surface area contributed by atoms with Gasteiger partial charge in [0.05, 0.1) is 17.7 Å². The lowest BCUT2D eigenvalue weighted by atomic mass is 10.1. The highest BCUT2D eigenvalue weighted by Gasteiger charge is 2.13. The van der Waals surface area contributed by atoms with Crippen molar-refractivity contribution in [1.82, 2.24) is 4.98 Å². The average Bonchev–Trinajstić information content (AvgIpc) is 2.59. The number of nitro groups is 1. The Hall–Kier alpha value is -3.42. The first-order valence-electron chi connectivity index (χ1n) is 7.54. The summed E-state index contributed by atoms with van der Waals surface area (Å²) in [6.07, 6.45) is 5.03. The van der Waals surface area contributed by atoms with Gasteiger partial charge in [-0.05, 0) is 37.1 Å². The molecule has 0 unspecified atom stereocenters. The molecule has 1 aromatic carbocycles. The van der Waals surface area contributed by atoms with Crippen molar-refractivity contribution in [3.05, 3.63) is 64.4 Å². The number of benzene rings is 1. The van der Waals surface area contributed by atoms with Crippen LogP contribution in [0.1, 0.15) is 18.1 Å². The van der Waals surface area contributed by atoms with E-state index in [2.05, 4.69) is 22.1 Å². The molecule has 1 heterocycles. The summed E-state index contributed by atoms with van der Waals surface area (Å²) in [5, 5.41) is 25.1. The molecule has 0 saturated carbocycles. The molecule has 0 aliphatic heterocycles. The molecule has 130 valence electrons. The maximum atomic E-state index is 10.9. The molecule has 0 atom stereocenters. The number of nitrogens with zero attached hydrogens (tertiary/aromatic N) is 3. The number of ether oxygens (including phenoxy) is 1. The molecule has 0 radical (unpaired) electrons. The number of aromatic nitrogens is 1. The predicted molar refractivity (Wildman–Crippen MR) is 95.3 cm³/mol. The Bertz CT molecular complexity index is 805. The first kappa shape index (κ1) is 17.9. The van der Waals surface area contributed by atoms with Crippen LogP contribution in [0.3, 0.4) is 0 Å². The highest BCUT2D eigenvalue weighted by atomic mass is 16.6. The number of nitrogens with one attached hydrogen (secondary N) is 1. The molecule has 2 N–H and O–H groups in total. The first-order valence-corrected chi connectivity index (χ1v) is 7.54. The van der Waals surface area contributed by atoms with Crippen molar-refractivity contribution in [3.63, 3.8) is 0 Å². The number of pyridine rings is 1. The summed E-state index contributed by atoms with van der Waals surface area (Å²) >= 11 is 0. The van der Waals surface area contributed by atoms with Gasteiger partial charge < -0.3 is 9.84 Å². The minimum atomic E-state index is -0.541. The Balaban J connectivity index is 2.26. The lowest BCUT2D eigenvalue weighted by molar-refractivity contribution is -0.384. The molecule has 0 aliphatic carbocycles. The number of anilines is 1. The summed E-state index contributed by atoms with van der Waals surface area (Å²) in [5.41, 5.74) is 3.68. The maximum absolute atomic E-state index is 10.9. The Morgan fingerprint density at radius 1 is 1.52 bits per heavy atom. The molecule has 2 aromatic rings. The Morgan fingerprint density at radius 3 is 3.00 bits per heavy atom. The molecule has 0 bridgehead atoms. The lowest BCUT2D eigenvalue weighted by Gasteiger charge is -2.10. The Labute approximate surface area is 144 Å². The van der Waals surface area contributed by atoms with Crippen LogP contribution >= 0.6 is 0 Å². The fourth-order valence-electron chi connectivity index (χ4n) is 2.14. The summed E-state index contributed by atoms with van der Waals surface area (Å²) in [5.74, 6) is 0.443. The van der Waals surface area contributed by atoms with E-state index in [9.17, 15) is 15.2 Å². The van der Waals surface area contributed by atoms with Crippen molar-refractivity contribution in [3.8, 4) is 11.5 Å². The summed E-state index contributed by atoms with van der Waals surface area (Å²) in [4.78, 5) is 14.3. The number of rotatable bonds is 8. The first-order chi connectivity index (χ1) is 12.1. The van der Waals surface area contributed by atoms with Crippen molar-refractivity contribution in [2.24, 2.45) is 5.10 Å². The highest BCUT2D eigenvalue weighted by Crippen LogP contribution is 2.32. The number of allylic oxidation sites excluding steroid dienone is 1. The standard InChI is InChI=1S/C17H18N4O4/c1-3-6-13-9-12(10-15(16(13)22)25-4-2)11-19-20-17-14(21(23)24)7-5-8-18-17/h3,5,7-11,22H,1,4,6H2,2H3,(H,18,20)/b19-11-. The van der Waals surface area contributed by atoms with E-state index in [1.807, 2.05) is 6.92 Å². The number of hydrogen-bond donors (Lipinski definition) is 2. The molecule has 0 aliphatic rings. The van der Waals surface area contributed by atoms with Gasteiger partial charge in [-0.2, -0.15) is 5.10 Å². The topological polar surface area (TPSA) is 110 Å². The van der Waals surface area contributed by atoms with E-state index in [-0.39, 0.29) is 17.3 Å². The second-order valence-corrected chi connectivity index (χ2v) is 4.95. The lowest BCUT2D eigenvalue weighted by Crippen LogP contribution is -2.00. The SMILES string of the molecule is C=CCc1cc(/C=N\Nc2ncccc2[N+](=O)[O-])cc(OCC)c1O. The maximum Gasteiger partial charge on any atom is 0.313 e. The third-order valence-electron chi connectivity index (χ3n) is 3.21. The molecular weight excluding hydrogens is 324 g/mol. The van der Waals surface area contributed by atoms with Crippen LogP contribution in [0.5, 0.6) is 11.5 Å². The summed E-state index contributed by atoms with van der Waals surface area (Å²) in [7, 11) is 0. The zero-order valence-electron chi connectivity index (χ0n) is 13.7. The van der Waals surface area contributed by atoms with Crippen LogP contribution in [-0.2, 0) is 6.42 Å². The van der Waals surface area contributed by atoms with E-state index < -0.39 is 4.92 Å². The second-order valence-electron chi connectivity index (χ2n) is 4.95. The van der Waals surface area contributed by atoms with Crippen molar-refractivity contribution in [2.45, 2.75) is 13.3 Å². The van der Waals surface area contributed by atoms with E-state index >= 15 is 0 Å². The van der Waals surface area contributed by atoms with Crippen molar-refractivity contribution < 1.29 is 14.8 Å². The summed E-state index contributed by atoms with van der Waals surface area (Å²) in [6.45, 7) is 5.88. The van der Waals surface area contributed by atoms with Gasteiger partial charge in [0.15, 0.2) is 11.5 Å². The van der Waals surface area contributed by atoms with Crippen LogP contribution in [0, 0.1) is 10.1 Å². The smallest absolute Gasteiger partial charge is 0.313 e. The third kappa shape index (κ3) is 4.54. The third-order valence-corrected chi connectivity index (χ3v) is 3.21. The van der Waals surface area contributed by atoms with Crippen LogP contribution in [0.25, 0.3) is 0 Å². The Kier molecular flexibility index (Phi) is 6.05. The number of hydrogen-bond acceptors (Lipinski definition) is 7. The molecule has 0 spiro atoms. The second kappa shape index (κ2) is 8.44. The van der Waals surface area contributed by atoms with Gasteiger partial charge in [0.25, 0.3) is 0 Å². The quantitative estimate of drug-likeness (QED) is 0.330. The molecular formula is C17H18N4O4. The minimum absolute atomic E-state index is 0.0406. The van der Waals surface area contributed by atoms with E-state index in [4.69, 9.17) is 4.74 Å². The van der Waals surface area contributed by atoms with Crippen molar-refractivity contribution >= 4 is 17.7 Å². The number of hydrazone groups is 1. The molecule has 2 rings (SSSR count). The normalized spacial score (nSPS) is 10.6. The Morgan fingerprint density at radius 2 is 2.32 bits per heavy atom. The van der Waals surface area contributed by atoms with E-state index in [1.165, 1.54) is 24.5 Å². The van der Waals surface area contributed by atoms with E-state index in [1.54, 1.807) is 18.2 Å². The van der Waals surface area contributed by atoms with Gasteiger partial charge >= 0.3 is 5.69 Å². The number of phenolic OH excluding ortho intramolecular Hbond substituents is 1. The summed E-state index contributed by atoms with van der Waals surface area (Å²) < 4.78 is 5.41. The van der Waals surface area contributed by atoms with Crippen LogP contribution in [0.15, 0.2) is 48.2 Å². The molecule has 0 saturated heterocycles. The number of aromatic hydroxyl groups is 1. The zero-order chi connectivity index (χ0) is 18.2. The number of phenols is 1. The van der Waals surface area contributed by atoms with Gasteiger partial charge in [0, 0.05) is 17.8 Å². The molecule has 0 fully saturated rings. The van der Waals surface area contributed by atoms with Gasteiger partial charge in [-0.25, -0.2) is 4.98 Å². The molecule has 25 heavy (non-hydrogen) atoms. The van der Waals surface area contributed by atoms with Crippen molar-refractivity contribution in [1.29, 1.82) is 0 Å². The fourth-order valence-corrected chi connectivity index (χ4v) is 2.14. The molecule has 0 amide bonds. The fraction of sp³-hybridized carbons (Fsp3) is 0.176. The van der Waals surface area contributed by atoms with Gasteiger partial charge in [-0.3, -0.25) is 15.5 Å². The van der Waals surface area contributed by atoms with Gasteiger partial charge in [-0.15, -0.1) is 6.58 Å². The zero-order valence-corrected chi connectivity index (χ0v) is 13.7. The van der Waals surface area contributed by atoms with Gasteiger partial charge in [-0.1, -0.05) is 6.08 Å². The van der Waals surface area contributed by atoms with E-state index in [0.29, 0.717) is 29.9 Å². The molecule has 1 aromatic heterocycles. The van der Waals surface area contributed by atoms with Crippen LogP contribution in [0.4, 0.5) is 11.5 Å². The van der Waals surface area contributed by atoms with Crippen LogP contribution in [0.2, 0.25) is 0 Å². The minimum Gasteiger partial charge on any atom is -0.504 e. The highest BCUT2D eigenvalue weighted by molar-refractivity contribution is 5.82. The monoisotopic (exact) mass is 342 g/mol. The van der Waals surface area contributed by atoms with Crippen LogP contribution in [-0.4, -0.2) is 27.8 Å². The molecule has 8 heteroatoms. The van der Waals surface area contributed by atoms with Crippen LogP contribution < -0.4 is 10.2 Å². The largest absolute Gasteiger partial charge is 0.504 e.